The van der Waals surface area contributed by atoms with Crippen molar-refractivity contribution in [1.82, 2.24) is 9.88 Å². The van der Waals surface area contributed by atoms with E-state index in [9.17, 15) is 0 Å². The minimum Gasteiger partial charge on any atom is -0.409 e. The van der Waals surface area contributed by atoms with E-state index < -0.39 is 0 Å². The number of anilines is 1. The van der Waals surface area contributed by atoms with E-state index in [1.165, 1.54) is 5.56 Å². The van der Waals surface area contributed by atoms with Gasteiger partial charge < -0.3 is 15.8 Å². The van der Waals surface area contributed by atoms with Gasteiger partial charge in [0.05, 0.1) is 11.0 Å². The van der Waals surface area contributed by atoms with Crippen LogP contribution in [0.25, 0.3) is 0 Å². The van der Waals surface area contributed by atoms with Crippen molar-refractivity contribution < 1.29 is 5.21 Å². The Bertz CT molecular complexity index is 471. The van der Waals surface area contributed by atoms with E-state index >= 15 is 0 Å². The second-order valence-electron chi connectivity index (χ2n) is 4.62. The molecule has 0 saturated carbocycles. The van der Waals surface area contributed by atoms with E-state index in [-0.39, 0.29) is 5.84 Å². The van der Waals surface area contributed by atoms with Crippen LogP contribution in [0.5, 0.6) is 0 Å². The third kappa shape index (κ3) is 3.36. The maximum atomic E-state index is 8.57. The van der Waals surface area contributed by atoms with Crippen molar-refractivity contribution >= 4 is 27.6 Å². The summed E-state index contributed by atoms with van der Waals surface area (Å²) in [5.41, 5.74) is 6.70. The Morgan fingerprint density at radius 2 is 2.16 bits per heavy atom. The van der Waals surface area contributed by atoms with Crippen LogP contribution >= 0.6 is 15.9 Å². The summed E-state index contributed by atoms with van der Waals surface area (Å²) in [5.74, 6) is 1.24. The minimum atomic E-state index is 0.253. The average molecular weight is 328 g/mol. The molecule has 0 spiro atoms. The van der Waals surface area contributed by atoms with Gasteiger partial charge in [0.1, 0.15) is 5.82 Å². The van der Waals surface area contributed by atoms with Crippen molar-refractivity contribution in [2.24, 2.45) is 10.9 Å². The van der Waals surface area contributed by atoms with Crippen LogP contribution in [-0.4, -0.2) is 53.7 Å². The summed E-state index contributed by atoms with van der Waals surface area (Å²) >= 11 is 3.59. The predicted octanol–water partition coefficient (Wildman–Crippen LogP) is 1.02. The molecule has 1 aromatic heterocycles. The molecule has 19 heavy (non-hydrogen) atoms. The van der Waals surface area contributed by atoms with Crippen LogP contribution < -0.4 is 10.6 Å². The number of aryl methyl sites for hydroxylation is 1. The summed E-state index contributed by atoms with van der Waals surface area (Å²) in [5, 5.41) is 11.6. The Morgan fingerprint density at radius 3 is 2.79 bits per heavy atom. The van der Waals surface area contributed by atoms with E-state index in [0.717, 1.165) is 36.5 Å². The van der Waals surface area contributed by atoms with E-state index in [1.54, 1.807) is 0 Å². The van der Waals surface area contributed by atoms with Gasteiger partial charge in [-0.2, -0.15) is 0 Å². The summed E-state index contributed by atoms with van der Waals surface area (Å²) < 4.78 is 1.06. The number of amidine groups is 1. The summed E-state index contributed by atoms with van der Waals surface area (Å²) in [4.78, 5) is 8.85. The molecule has 1 aliphatic heterocycles. The van der Waals surface area contributed by atoms with Gasteiger partial charge in [0.2, 0.25) is 0 Å². The largest absolute Gasteiger partial charge is 0.409 e. The van der Waals surface area contributed by atoms with Crippen molar-refractivity contribution in [2.75, 3.05) is 37.6 Å². The standard InChI is InChI=1S/C12H18BrN5O/c1-9-2-3-15-12(11(9)13)18-6-4-17(5-7-18)8-10(14)16-19/h2-3,19H,4-8H2,1H3,(H2,14,16). The van der Waals surface area contributed by atoms with Crippen LogP contribution in [0.15, 0.2) is 21.9 Å². The zero-order valence-corrected chi connectivity index (χ0v) is 12.5. The lowest BCUT2D eigenvalue weighted by molar-refractivity contribution is 0.278. The Labute approximate surface area is 121 Å². The fourth-order valence-corrected chi connectivity index (χ4v) is 2.61. The topological polar surface area (TPSA) is 78.0 Å². The van der Waals surface area contributed by atoms with Crippen molar-refractivity contribution in [3.8, 4) is 0 Å². The van der Waals surface area contributed by atoms with Crippen LogP contribution in [-0.2, 0) is 0 Å². The molecule has 0 bridgehead atoms. The Hall–Kier alpha value is -1.34. The summed E-state index contributed by atoms with van der Waals surface area (Å²) in [6.45, 7) is 6.08. The van der Waals surface area contributed by atoms with E-state index in [2.05, 4.69) is 42.8 Å². The van der Waals surface area contributed by atoms with Gasteiger partial charge in [-0.25, -0.2) is 4.98 Å². The molecule has 7 heteroatoms. The van der Waals surface area contributed by atoms with Gasteiger partial charge in [0.25, 0.3) is 0 Å². The number of oxime groups is 1. The molecule has 0 amide bonds. The summed E-state index contributed by atoms with van der Waals surface area (Å²) in [6, 6.07) is 1.99. The molecular formula is C12H18BrN5O. The molecule has 0 unspecified atom stereocenters. The van der Waals surface area contributed by atoms with Gasteiger partial charge in [-0.1, -0.05) is 5.16 Å². The second-order valence-corrected chi connectivity index (χ2v) is 5.41. The highest BCUT2D eigenvalue weighted by atomic mass is 79.9. The first-order valence-electron chi connectivity index (χ1n) is 6.16. The second kappa shape index (κ2) is 6.21. The number of hydrogen-bond acceptors (Lipinski definition) is 5. The molecular weight excluding hydrogens is 310 g/mol. The fraction of sp³-hybridized carbons (Fsp3) is 0.500. The normalized spacial score (nSPS) is 17.8. The lowest BCUT2D eigenvalue weighted by Crippen LogP contribution is -2.49. The number of nitrogens with zero attached hydrogens (tertiary/aromatic N) is 4. The van der Waals surface area contributed by atoms with Crippen LogP contribution in [0.3, 0.4) is 0 Å². The number of rotatable bonds is 3. The van der Waals surface area contributed by atoms with E-state index in [1.807, 2.05) is 12.3 Å². The molecule has 2 rings (SSSR count). The third-order valence-electron chi connectivity index (χ3n) is 3.25. The molecule has 6 nitrogen and oxygen atoms in total. The predicted molar refractivity (Wildman–Crippen MR) is 78.7 cm³/mol. The van der Waals surface area contributed by atoms with Crippen LogP contribution in [0, 0.1) is 6.92 Å². The zero-order chi connectivity index (χ0) is 13.8. The first-order valence-corrected chi connectivity index (χ1v) is 6.96. The molecule has 1 saturated heterocycles. The van der Waals surface area contributed by atoms with Gasteiger partial charge in [0.15, 0.2) is 5.84 Å². The Balaban J connectivity index is 1.98. The highest BCUT2D eigenvalue weighted by molar-refractivity contribution is 9.10. The maximum Gasteiger partial charge on any atom is 0.153 e. The van der Waals surface area contributed by atoms with Gasteiger partial charge in [0, 0.05) is 32.4 Å². The highest BCUT2D eigenvalue weighted by Gasteiger charge is 2.20. The Kier molecular flexibility index (Phi) is 4.60. The lowest BCUT2D eigenvalue weighted by atomic mass is 10.2. The van der Waals surface area contributed by atoms with Crippen LogP contribution in [0.4, 0.5) is 5.82 Å². The zero-order valence-electron chi connectivity index (χ0n) is 10.9. The van der Waals surface area contributed by atoms with Crippen molar-refractivity contribution in [2.45, 2.75) is 6.92 Å². The summed E-state index contributed by atoms with van der Waals surface area (Å²) in [7, 11) is 0. The minimum absolute atomic E-state index is 0.253. The van der Waals surface area contributed by atoms with Gasteiger partial charge in [-0.3, -0.25) is 4.90 Å². The number of halogens is 1. The first-order chi connectivity index (χ1) is 9.11. The first kappa shape index (κ1) is 14.1. The van der Waals surface area contributed by atoms with Crippen molar-refractivity contribution in [3.05, 3.63) is 22.3 Å². The molecule has 104 valence electrons. The van der Waals surface area contributed by atoms with Crippen LogP contribution in [0.2, 0.25) is 0 Å². The van der Waals surface area contributed by atoms with Gasteiger partial charge >= 0.3 is 0 Å². The van der Waals surface area contributed by atoms with Crippen molar-refractivity contribution in [1.29, 1.82) is 0 Å². The smallest absolute Gasteiger partial charge is 0.153 e. The van der Waals surface area contributed by atoms with Gasteiger partial charge in [-0.05, 0) is 34.5 Å². The highest BCUT2D eigenvalue weighted by Crippen LogP contribution is 2.27. The molecule has 1 aliphatic rings. The molecule has 0 radical (unpaired) electrons. The monoisotopic (exact) mass is 327 g/mol. The van der Waals surface area contributed by atoms with Gasteiger partial charge in [-0.15, -0.1) is 0 Å². The number of piperazine rings is 1. The number of hydrogen-bond donors (Lipinski definition) is 2. The quantitative estimate of drug-likeness (QED) is 0.375. The van der Waals surface area contributed by atoms with E-state index in [4.69, 9.17) is 10.9 Å². The molecule has 0 aromatic carbocycles. The SMILES string of the molecule is Cc1ccnc(N2CCN(C/C(N)=N/O)CC2)c1Br. The summed E-state index contributed by atoms with van der Waals surface area (Å²) in [6.07, 6.45) is 1.83. The third-order valence-corrected chi connectivity index (χ3v) is 4.23. The molecule has 3 N–H and O–H groups in total. The lowest BCUT2D eigenvalue weighted by Gasteiger charge is -2.35. The fourth-order valence-electron chi connectivity index (χ4n) is 2.12. The maximum absolute atomic E-state index is 8.57. The Morgan fingerprint density at radius 1 is 1.47 bits per heavy atom. The molecule has 1 aromatic rings. The van der Waals surface area contributed by atoms with E-state index in [0.29, 0.717) is 6.54 Å². The van der Waals surface area contributed by atoms with Crippen LogP contribution in [0.1, 0.15) is 5.56 Å². The molecule has 2 heterocycles. The average Bonchev–Trinajstić information content (AvgIpc) is 2.43. The number of nitrogens with two attached hydrogens (primary N) is 1. The molecule has 0 atom stereocenters. The molecule has 0 aliphatic carbocycles. The molecule has 1 fully saturated rings. The number of aromatic nitrogens is 1. The number of pyridine rings is 1. The van der Waals surface area contributed by atoms with Crippen molar-refractivity contribution in [3.63, 3.8) is 0 Å².